The molecule has 3 heteroatoms. The van der Waals surface area contributed by atoms with Crippen molar-refractivity contribution in [3.8, 4) is 0 Å². The lowest BCUT2D eigenvalue weighted by Crippen LogP contribution is -2.22. The molecule has 5 atom stereocenters. The summed E-state index contributed by atoms with van der Waals surface area (Å²) in [6.45, 7) is 4.69. The Morgan fingerprint density at radius 3 is 2.59 bits per heavy atom. The molecule has 3 rings (SSSR count). The molecule has 5 unspecified atom stereocenters. The van der Waals surface area contributed by atoms with E-state index >= 15 is 0 Å². The first-order chi connectivity index (χ1) is 12.9. The SMILES string of the molecule is CC(C)(C/C=C1/CC2CC(O)C(/C=C/C(O)C3CCCCC3)C2C1)CCO. The van der Waals surface area contributed by atoms with E-state index in [0.717, 1.165) is 44.9 Å². The van der Waals surface area contributed by atoms with Crippen LogP contribution in [-0.2, 0) is 0 Å². The molecule has 0 aliphatic heterocycles. The molecule has 0 aromatic rings. The normalized spacial score (nSPS) is 35.2. The molecule has 154 valence electrons. The molecule has 0 radical (unpaired) electrons. The number of rotatable bonds is 7. The predicted molar refractivity (Wildman–Crippen MR) is 110 cm³/mol. The maximum atomic E-state index is 10.6. The molecular weight excluding hydrogens is 336 g/mol. The Kier molecular flexibility index (Phi) is 7.21. The largest absolute Gasteiger partial charge is 0.396 e. The van der Waals surface area contributed by atoms with Gasteiger partial charge in [-0.2, -0.15) is 0 Å². The molecule has 3 fully saturated rings. The van der Waals surface area contributed by atoms with Crippen LogP contribution in [0.25, 0.3) is 0 Å². The van der Waals surface area contributed by atoms with Crippen LogP contribution in [-0.4, -0.2) is 34.1 Å². The summed E-state index contributed by atoms with van der Waals surface area (Å²) in [4.78, 5) is 0. The Labute approximate surface area is 165 Å². The topological polar surface area (TPSA) is 60.7 Å². The second-order valence-corrected chi connectivity index (χ2v) is 10.2. The molecule has 0 aromatic carbocycles. The van der Waals surface area contributed by atoms with Crippen molar-refractivity contribution >= 4 is 0 Å². The molecule has 3 nitrogen and oxygen atoms in total. The fraction of sp³-hybridized carbons (Fsp3) is 0.833. The number of hydrogen-bond donors (Lipinski definition) is 3. The van der Waals surface area contributed by atoms with E-state index in [4.69, 9.17) is 0 Å². The number of hydrogen-bond acceptors (Lipinski definition) is 3. The van der Waals surface area contributed by atoms with Crippen molar-refractivity contribution in [1.29, 1.82) is 0 Å². The van der Waals surface area contributed by atoms with Gasteiger partial charge in [0.25, 0.3) is 0 Å². The number of aliphatic hydroxyl groups is 3. The molecular formula is C24H40O3. The van der Waals surface area contributed by atoms with Gasteiger partial charge in [-0.05, 0) is 68.1 Å². The van der Waals surface area contributed by atoms with Gasteiger partial charge in [0.05, 0.1) is 12.2 Å². The van der Waals surface area contributed by atoms with Crippen LogP contribution < -0.4 is 0 Å². The molecule has 0 spiro atoms. The zero-order chi connectivity index (χ0) is 19.4. The van der Waals surface area contributed by atoms with Gasteiger partial charge in [-0.1, -0.05) is 56.9 Å². The zero-order valence-electron chi connectivity index (χ0n) is 17.3. The highest BCUT2D eigenvalue weighted by atomic mass is 16.3. The lowest BCUT2D eigenvalue weighted by molar-refractivity contribution is 0.120. The lowest BCUT2D eigenvalue weighted by atomic mass is 9.83. The molecule has 0 bridgehead atoms. The molecule has 0 heterocycles. The van der Waals surface area contributed by atoms with Crippen LogP contribution in [0.2, 0.25) is 0 Å². The Bertz CT molecular complexity index is 530. The highest BCUT2D eigenvalue weighted by Crippen LogP contribution is 2.51. The summed E-state index contributed by atoms with van der Waals surface area (Å²) < 4.78 is 0. The maximum absolute atomic E-state index is 10.6. The van der Waals surface area contributed by atoms with E-state index in [0.29, 0.717) is 17.8 Å². The van der Waals surface area contributed by atoms with Crippen LogP contribution >= 0.6 is 0 Å². The second kappa shape index (κ2) is 9.24. The molecule has 3 saturated carbocycles. The minimum Gasteiger partial charge on any atom is -0.396 e. The highest BCUT2D eigenvalue weighted by molar-refractivity contribution is 5.18. The van der Waals surface area contributed by atoms with E-state index in [-0.39, 0.29) is 30.1 Å². The molecule has 0 amide bonds. The van der Waals surface area contributed by atoms with E-state index < -0.39 is 0 Å². The summed E-state index contributed by atoms with van der Waals surface area (Å²) >= 11 is 0. The number of aliphatic hydroxyl groups excluding tert-OH is 3. The fourth-order valence-corrected chi connectivity index (χ4v) is 5.64. The lowest BCUT2D eigenvalue weighted by Gasteiger charge is -2.25. The third-order valence-corrected chi connectivity index (χ3v) is 7.51. The van der Waals surface area contributed by atoms with Crippen molar-refractivity contribution in [3.05, 3.63) is 23.8 Å². The standard InChI is InChI=1S/C24H40O3/c1-24(2,12-13-25)11-10-17-14-19-16-23(27)20(21(19)15-17)8-9-22(26)18-6-4-3-5-7-18/h8-10,18-23,25-27H,3-7,11-16H2,1-2H3/b9-8+,17-10-. The zero-order valence-corrected chi connectivity index (χ0v) is 17.3. The quantitative estimate of drug-likeness (QED) is 0.568. The van der Waals surface area contributed by atoms with Gasteiger partial charge in [-0.25, -0.2) is 0 Å². The molecule has 0 aromatic heterocycles. The molecule has 27 heavy (non-hydrogen) atoms. The third-order valence-electron chi connectivity index (χ3n) is 7.51. The van der Waals surface area contributed by atoms with Crippen LogP contribution in [0.5, 0.6) is 0 Å². The van der Waals surface area contributed by atoms with Crippen molar-refractivity contribution in [2.75, 3.05) is 6.61 Å². The second-order valence-electron chi connectivity index (χ2n) is 10.2. The summed E-state index contributed by atoms with van der Waals surface area (Å²) in [6, 6.07) is 0. The Morgan fingerprint density at radius 2 is 1.89 bits per heavy atom. The van der Waals surface area contributed by atoms with Crippen LogP contribution in [0.15, 0.2) is 23.8 Å². The third kappa shape index (κ3) is 5.46. The van der Waals surface area contributed by atoms with Gasteiger partial charge in [0.15, 0.2) is 0 Å². The van der Waals surface area contributed by atoms with Gasteiger partial charge >= 0.3 is 0 Å². The van der Waals surface area contributed by atoms with Crippen LogP contribution in [0.1, 0.15) is 78.1 Å². The predicted octanol–water partition coefficient (Wildman–Crippen LogP) is 4.62. The first-order valence-corrected chi connectivity index (χ1v) is 11.2. The van der Waals surface area contributed by atoms with Crippen molar-refractivity contribution < 1.29 is 15.3 Å². The first kappa shape index (κ1) is 21.1. The van der Waals surface area contributed by atoms with E-state index in [1.807, 2.05) is 6.08 Å². The number of fused-ring (bicyclic) bond motifs is 1. The summed E-state index contributed by atoms with van der Waals surface area (Å²) in [5.41, 5.74) is 1.69. The maximum Gasteiger partial charge on any atom is 0.0749 e. The van der Waals surface area contributed by atoms with Gasteiger partial charge in [0, 0.05) is 12.5 Å². The summed E-state index contributed by atoms with van der Waals surface area (Å²) in [6.07, 6.45) is 17.0. The van der Waals surface area contributed by atoms with Crippen molar-refractivity contribution in [3.63, 3.8) is 0 Å². The van der Waals surface area contributed by atoms with Crippen molar-refractivity contribution in [2.45, 2.75) is 90.3 Å². The summed E-state index contributed by atoms with van der Waals surface area (Å²) in [7, 11) is 0. The summed E-state index contributed by atoms with van der Waals surface area (Å²) in [5.74, 6) is 1.73. The van der Waals surface area contributed by atoms with E-state index in [1.165, 1.54) is 24.8 Å². The van der Waals surface area contributed by atoms with Crippen molar-refractivity contribution in [1.82, 2.24) is 0 Å². The van der Waals surface area contributed by atoms with E-state index in [2.05, 4.69) is 26.0 Å². The van der Waals surface area contributed by atoms with Gasteiger partial charge in [-0.15, -0.1) is 0 Å². The van der Waals surface area contributed by atoms with Crippen LogP contribution in [0, 0.1) is 29.1 Å². The Morgan fingerprint density at radius 1 is 1.15 bits per heavy atom. The average Bonchev–Trinajstić information content (AvgIpc) is 3.15. The van der Waals surface area contributed by atoms with Crippen LogP contribution in [0.3, 0.4) is 0 Å². The fourth-order valence-electron chi connectivity index (χ4n) is 5.64. The average molecular weight is 377 g/mol. The van der Waals surface area contributed by atoms with Gasteiger partial charge < -0.3 is 15.3 Å². The van der Waals surface area contributed by atoms with Crippen molar-refractivity contribution in [2.24, 2.45) is 29.1 Å². The van der Waals surface area contributed by atoms with Gasteiger partial charge in [-0.3, -0.25) is 0 Å². The minimum absolute atomic E-state index is 0.155. The molecule has 3 aliphatic carbocycles. The smallest absolute Gasteiger partial charge is 0.0749 e. The monoisotopic (exact) mass is 376 g/mol. The van der Waals surface area contributed by atoms with Crippen LogP contribution in [0.4, 0.5) is 0 Å². The highest BCUT2D eigenvalue weighted by Gasteiger charge is 2.45. The van der Waals surface area contributed by atoms with Gasteiger partial charge in [0.2, 0.25) is 0 Å². The molecule has 3 N–H and O–H groups in total. The van der Waals surface area contributed by atoms with Gasteiger partial charge in [0.1, 0.15) is 0 Å². The number of allylic oxidation sites excluding steroid dienone is 2. The Balaban J connectivity index is 1.57. The molecule has 0 saturated heterocycles. The van der Waals surface area contributed by atoms with E-state index in [9.17, 15) is 15.3 Å². The molecule has 3 aliphatic rings. The Hall–Kier alpha value is -0.640. The summed E-state index contributed by atoms with van der Waals surface area (Å²) in [5, 5.41) is 30.3. The first-order valence-electron chi connectivity index (χ1n) is 11.2. The minimum atomic E-state index is -0.341. The van der Waals surface area contributed by atoms with E-state index in [1.54, 1.807) is 0 Å².